The maximum atomic E-state index is 12.7. The van der Waals surface area contributed by atoms with Crippen LogP contribution in [-0.2, 0) is 14.6 Å². The average molecular weight is 335 g/mol. The van der Waals surface area contributed by atoms with E-state index in [1.807, 2.05) is 0 Å². The number of carbonyl (C=O) groups is 1. The molecular weight excluding hydrogens is 319 g/mol. The van der Waals surface area contributed by atoms with E-state index in [0.717, 1.165) is 4.90 Å². The third-order valence-corrected chi connectivity index (χ3v) is 6.45. The molecule has 0 aromatic heterocycles. The molecule has 0 aromatic carbocycles. The number of alkyl halides is 3. The van der Waals surface area contributed by atoms with Crippen molar-refractivity contribution in [1.29, 1.82) is 0 Å². The van der Waals surface area contributed by atoms with Gasteiger partial charge in [0.05, 0.1) is 0 Å². The lowest BCUT2D eigenvalue weighted by atomic mass is 10.1. The summed E-state index contributed by atoms with van der Waals surface area (Å²) in [5.74, 6) is -4.08. The van der Waals surface area contributed by atoms with Crippen molar-refractivity contribution in [3.63, 3.8) is 0 Å². The number of halogens is 3. The molecule has 1 fully saturated rings. The van der Waals surface area contributed by atoms with Crippen molar-refractivity contribution in [3.8, 4) is 0 Å². The Kier molecular flexibility index (Phi) is 5.73. The third-order valence-electron chi connectivity index (χ3n) is 3.12. The number of carboxylic acid groups (broad SMARTS) is 1. The Morgan fingerprint density at radius 2 is 2.10 bits per heavy atom. The van der Waals surface area contributed by atoms with E-state index in [0.29, 0.717) is 5.75 Å². The van der Waals surface area contributed by atoms with Gasteiger partial charge in [0.1, 0.15) is 5.37 Å². The summed E-state index contributed by atoms with van der Waals surface area (Å²) in [6.07, 6.45) is -4.89. The highest BCUT2D eigenvalue weighted by Gasteiger charge is 2.47. The van der Waals surface area contributed by atoms with Crippen LogP contribution in [0.2, 0.25) is 0 Å². The van der Waals surface area contributed by atoms with Gasteiger partial charge < -0.3 is 5.11 Å². The molecule has 1 saturated heterocycles. The molecule has 0 aliphatic carbocycles. The van der Waals surface area contributed by atoms with Gasteiger partial charge in [0.2, 0.25) is 0 Å². The number of thioether (sulfide) groups is 1. The first kappa shape index (κ1) is 17.6. The smallest absolute Gasteiger partial charge is 0.403 e. The highest BCUT2D eigenvalue weighted by Crippen LogP contribution is 2.30. The molecule has 0 aromatic rings. The molecule has 1 aliphatic heterocycles. The van der Waals surface area contributed by atoms with Crippen LogP contribution < -0.4 is 0 Å². The van der Waals surface area contributed by atoms with Crippen LogP contribution in [0.1, 0.15) is 6.92 Å². The number of sulfone groups is 1. The van der Waals surface area contributed by atoms with Crippen LogP contribution in [0.15, 0.2) is 0 Å². The molecule has 1 N–H and O–H groups in total. The zero-order chi connectivity index (χ0) is 15.6. The minimum absolute atomic E-state index is 0.133. The second-order valence-corrected chi connectivity index (χ2v) is 8.01. The molecule has 118 valence electrons. The molecule has 0 spiro atoms. The van der Waals surface area contributed by atoms with Crippen molar-refractivity contribution in [2.24, 2.45) is 5.92 Å². The van der Waals surface area contributed by atoms with Gasteiger partial charge in [0.15, 0.2) is 15.8 Å². The quantitative estimate of drug-likeness (QED) is 0.810. The summed E-state index contributed by atoms with van der Waals surface area (Å²) in [7, 11) is -3.54. The maximum Gasteiger partial charge on any atom is 0.403 e. The zero-order valence-corrected chi connectivity index (χ0v) is 12.4. The summed E-state index contributed by atoms with van der Waals surface area (Å²) >= 11 is 1.34. The normalized spacial score (nSPS) is 23.5. The van der Waals surface area contributed by atoms with Crippen molar-refractivity contribution < 1.29 is 31.5 Å². The van der Waals surface area contributed by atoms with E-state index in [1.165, 1.54) is 18.7 Å². The summed E-state index contributed by atoms with van der Waals surface area (Å²) in [4.78, 5) is 11.9. The van der Waals surface area contributed by atoms with E-state index in [9.17, 15) is 26.4 Å². The third kappa shape index (κ3) is 4.26. The lowest BCUT2D eigenvalue weighted by Crippen LogP contribution is -2.52. The monoisotopic (exact) mass is 335 g/mol. The number of nitrogens with zero attached hydrogens (tertiary/aromatic N) is 1. The first-order valence-corrected chi connectivity index (χ1v) is 8.79. The van der Waals surface area contributed by atoms with Crippen molar-refractivity contribution >= 4 is 27.6 Å². The summed E-state index contributed by atoms with van der Waals surface area (Å²) < 4.78 is 61.8. The minimum Gasteiger partial charge on any atom is -0.481 e. The minimum atomic E-state index is -4.89. The fourth-order valence-corrected chi connectivity index (χ4v) is 4.99. The first-order chi connectivity index (χ1) is 9.09. The zero-order valence-electron chi connectivity index (χ0n) is 10.8. The van der Waals surface area contributed by atoms with E-state index < -0.39 is 39.8 Å². The van der Waals surface area contributed by atoms with E-state index >= 15 is 0 Å². The molecule has 1 aliphatic rings. The number of hydrogen-bond acceptors (Lipinski definition) is 5. The number of carboxylic acids is 1. The lowest BCUT2D eigenvalue weighted by Gasteiger charge is -2.36. The molecule has 5 nitrogen and oxygen atoms in total. The van der Waals surface area contributed by atoms with Gasteiger partial charge in [0.25, 0.3) is 0 Å². The van der Waals surface area contributed by atoms with Gasteiger partial charge in [-0.3, -0.25) is 9.69 Å². The van der Waals surface area contributed by atoms with Crippen LogP contribution >= 0.6 is 11.8 Å². The second-order valence-electron chi connectivity index (χ2n) is 4.41. The van der Waals surface area contributed by atoms with Gasteiger partial charge in [-0.25, -0.2) is 8.42 Å². The molecule has 10 heteroatoms. The average Bonchev–Trinajstić information content (AvgIpc) is 2.34. The predicted octanol–water partition coefficient (Wildman–Crippen LogP) is 1.06. The van der Waals surface area contributed by atoms with Crippen LogP contribution in [0, 0.1) is 5.92 Å². The van der Waals surface area contributed by atoms with Crippen molar-refractivity contribution in [1.82, 2.24) is 4.90 Å². The molecule has 20 heavy (non-hydrogen) atoms. The standard InChI is InChI=1S/C10H16F3NO4S2/c1-2-20(17,18)8-6-19-4-3-14(8)5-7(9(15)16)10(11,12)13/h7-8H,2-6H2,1H3,(H,15,16). The molecule has 0 amide bonds. The van der Waals surface area contributed by atoms with Crippen LogP contribution in [0.5, 0.6) is 0 Å². The second kappa shape index (κ2) is 6.52. The molecule has 0 bridgehead atoms. The Morgan fingerprint density at radius 1 is 1.50 bits per heavy atom. The Hall–Kier alpha value is -0.480. The Labute approximate surface area is 119 Å². The SMILES string of the molecule is CCS(=O)(=O)C1CSCCN1CC(C(=O)O)C(F)(F)F. The van der Waals surface area contributed by atoms with Gasteiger partial charge in [-0.1, -0.05) is 6.92 Å². The summed E-state index contributed by atoms with van der Waals surface area (Å²) in [5.41, 5.74) is 0. The highest BCUT2D eigenvalue weighted by atomic mass is 32.2. The van der Waals surface area contributed by atoms with Crippen LogP contribution in [0.4, 0.5) is 13.2 Å². The van der Waals surface area contributed by atoms with Gasteiger partial charge >= 0.3 is 12.1 Å². The van der Waals surface area contributed by atoms with Gasteiger partial charge in [0, 0.05) is 30.3 Å². The maximum absolute atomic E-state index is 12.7. The molecule has 1 heterocycles. The largest absolute Gasteiger partial charge is 0.481 e. The molecular formula is C10H16F3NO4S2. The molecule has 0 saturated carbocycles. The van der Waals surface area contributed by atoms with E-state index in [2.05, 4.69) is 0 Å². The topological polar surface area (TPSA) is 74.7 Å². The fraction of sp³-hybridized carbons (Fsp3) is 0.900. The summed E-state index contributed by atoms with van der Waals surface area (Å²) in [5, 5.41) is 7.64. The van der Waals surface area contributed by atoms with Crippen LogP contribution in [0.3, 0.4) is 0 Å². The van der Waals surface area contributed by atoms with Gasteiger partial charge in [-0.15, -0.1) is 0 Å². The molecule has 0 radical (unpaired) electrons. The van der Waals surface area contributed by atoms with E-state index in [1.54, 1.807) is 0 Å². The van der Waals surface area contributed by atoms with Crippen molar-refractivity contribution in [2.45, 2.75) is 18.5 Å². The highest BCUT2D eigenvalue weighted by molar-refractivity contribution is 8.01. The van der Waals surface area contributed by atoms with Crippen LogP contribution in [-0.4, -0.2) is 66.3 Å². The first-order valence-electron chi connectivity index (χ1n) is 5.92. The predicted molar refractivity (Wildman–Crippen MR) is 69.3 cm³/mol. The fourth-order valence-electron chi connectivity index (χ4n) is 1.90. The van der Waals surface area contributed by atoms with E-state index in [-0.39, 0.29) is 18.1 Å². The van der Waals surface area contributed by atoms with Crippen molar-refractivity contribution in [3.05, 3.63) is 0 Å². The number of hydrogen-bond donors (Lipinski definition) is 1. The van der Waals surface area contributed by atoms with Gasteiger partial charge in [-0.2, -0.15) is 24.9 Å². The Bertz CT molecular complexity index is 452. The summed E-state index contributed by atoms with van der Waals surface area (Å²) in [6.45, 7) is 0.725. The number of aliphatic carboxylic acids is 1. The molecule has 2 unspecified atom stereocenters. The van der Waals surface area contributed by atoms with Crippen LogP contribution in [0.25, 0.3) is 0 Å². The Balaban J connectivity index is 2.94. The van der Waals surface area contributed by atoms with E-state index in [4.69, 9.17) is 5.11 Å². The Morgan fingerprint density at radius 3 is 2.55 bits per heavy atom. The summed E-state index contributed by atoms with van der Waals surface area (Å²) in [6, 6.07) is 0. The van der Waals surface area contributed by atoms with Gasteiger partial charge in [-0.05, 0) is 0 Å². The van der Waals surface area contributed by atoms with Crippen molar-refractivity contribution in [2.75, 3.05) is 30.3 Å². The number of rotatable bonds is 5. The molecule has 2 atom stereocenters. The lowest BCUT2D eigenvalue weighted by molar-refractivity contribution is -0.196. The molecule has 1 rings (SSSR count).